The van der Waals surface area contributed by atoms with E-state index in [9.17, 15) is 18.0 Å². The number of fused-ring (bicyclic) bond motifs is 1. The molecular weight excluding hydrogens is 451 g/mol. The number of halogens is 3. The summed E-state index contributed by atoms with van der Waals surface area (Å²) in [5.74, 6) is -0.0448. The monoisotopic (exact) mass is 479 g/mol. The molecule has 0 spiro atoms. The van der Waals surface area contributed by atoms with Crippen molar-refractivity contribution in [2.24, 2.45) is 11.8 Å². The second-order valence-electron chi connectivity index (χ2n) is 9.51. The van der Waals surface area contributed by atoms with Crippen molar-refractivity contribution < 1.29 is 18.0 Å². The topological polar surface area (TPSA) is 45.2 Å². The third-order valence-corrected chi connectivity index (χ3v) is 7.46. The highest BCUT2D eigenvalue weighted by Crippen LogP contribution is 2.60. The second-order valence-corrected chi connectivity index (χ2v) is 9.51. The van der Waals surface area contributed by atoms with Crippen LogP contribution >= 0.6 is 0 Å². The number of nitrogens with one attached hydrogen (secondary N) is 1. The maximum atomic E-state index is 13.5. The predicted octanol–water partition coefficient (Wildman–Crippen LogP) is 6.99. The minimum absolute atomic E-state index is 0.144. The summed E-state index contributed by atoms with van der Waals surface area (Å²) in [6.07, 6.45) is 5.22. The molecule has 3 aromatic rings. The lowest BCUT2D eigenvalue weighted by Gasteiger charge is -2.31. The van der Waals surface area contributed by atoms with Gasteiger partial charge in [0.2, 0.25) is 0 Å². The third-order valence-electron chi connectivity index (χ3n) is 7.46. The van der Waals surface area contributed by atoms with Crippen LogP contribution in [0.1, 0.15) is 44.2 Å². The van der Waals surface area contributed by atoms with Gasteiger partial charge in [0.05, 0.1) is 6.20 Å². The highest BCUT2D eigenvalue weighted by molar-refractivity contribution is 5.90. The summed E-state index contributed by atoms with van der Waals surface area (Å²) in [5.41, 5.74) is 2.73. The maximum Gasteiger partial charge on any atom is 0.322 e. The van der Waals surface area contributed by atoms with Gasteiger partial charge in [-0.15, -0.1) is 0 Å². The lowest BCUT2D eigenvalue weighted by Crippen LogP contribution is -2.42. The molecule has 3 unspecified atom stereocenters. The van der Waals surface area contributed by atoms with Crippen molar-refractivity contribution in [1.82, 2.24) is 9.88 Å². The Morgan fingerprint density at radius 2 is 1.54 bits per heavy atom. The number of carbonyl (C=O) groups is 1. The van der Waals surface area contributed by atoms with E-state index in [1.807, 2.05) is 11.8 Å². The summed E-state index contributed by atoms with van der Waals surface area (Å²) in [6, 6.07) is 13.7. The number of amides is 2. The van der Waals surface area contributed by atoms with E-state index in [0.29, 0.717) is 41.1 Å². The summed E-state index contributed by atoms with van der Waals surface area (Å²) in [6.45, 7) is 2.59. The minimum atomic E-state index is -0.628. The number of anilines is 1. The van der Waals surface area contributed by atoms with Crippen LogP contribution < -0.4 is 5.32 Å². The summed E-state index contributed by atoms with van der Waals surface area (Å²) >= 11 is 0. The quantitative estimate of drug-likeness (QED) is 0.429. The van der Waals surface area contributed by atoms with Crippen LogP contribution in [-0.4, -0.2) is 28.5 Å². The predicted molar refractivity (Wildman–Crippen MR) is 129 cm³/mol. The summed E-state index contributed by atoms with van der Waals surface area (Å²) in [5, 5.41) is 2.97. The molecule has 4 nitrogen and oxygen atoms in total. The van der Waals surface area contributed by atoms with Crippen LogP contribution in [0, 0.1) is 29.3 Å². The van der Waals surface area contributed by atoms with Crippen LogP contribution in [0.5, 0.6) is 0 Å². The summed E-state index contributed by atoms with van der Waals surface area (Å²) in [4.78, 5) is 19.3. The average molecular weight is 480 g/mol. The number of carbonyl (C=O) groups excluding carboxylic acids is 1. The molecule has 1 heterocycles. The van der Waals surface area contributed by atoms with Gasteiger partial charge < -0.3 is 10.2 Å². The lowest BCUT2D eigenvalue weighted by atomic mass is 10.0. The van der Waals surface area contributed by atoms with Crippen LogP contribution in [0.4, 0.5) is 23.7 Å². The van der Waals surface area contributed by atoms with E-state index in [2.05, 4.69) is 10.3 Å². The molecule has 2 amide bonds. The normalized spacial score (nSPS) is 23.2. The van der Waals surface area contributed by atoms with Crippen LogP contribution in [0.15, 0.2) is 60.8 Å². The fourth-order valence-electron chi connectivity index (χ4n) is 5.71. The first-order valence-corrected chi connectivity index (χ1v) is 12.2. The Hall–Kier alpha value is -3.35. The zero-order valence-corrected chi connectivity index (χ0v) is 19.6. The van der Waals surface area contributed by atoms with Crippen LogP contribution in [-0.2, 0) is 0 Å². The number of aromatic nitrogens is 1. The first-order chi connectivity index (χ1) is 16.9. The smallest absolute Gasteiger partial charge is 0.322 e. The van der Waals surface area contributed by atoms with Crippen molar-refractivity contribution in [2.45, 2.75) is 44.6 Å². The van der Waals surface area contributed by atoms with E-state index < -0.39 is 11.6 Å². The zero-order valence-electron chi connectivity index (χ0n) is 19.6. The molecule has 0 aliphatic heterocycles. The average Bonchev–Trinajstić information content (AvgIpc) is 3.57. The SMILES string of the molecule is CCN(C(=O)Nc1ccc(-c2cc(F)cc(F)c2)cc1)C1CCC2C(c3ccc(F)cn3)[C@@H]2CC1. The van der Waals surface area contributed by atoms with E-state index in [1.165, 1.54) is 24.4 Å². The van der Waals surface area contributed by atoms with Crippen molar-refractivity contribution in [2.75, 3.05) is 11.9 Å². The number of pyridine rings is 1. The van der Waals surface area contributed by atoms with Gasteiger partial charge in [0, 0.05) is 36.0 Å². The van der Waals surface area contributed by atoms with Crippen LogP contribution in [0.25, 0.3) is 11.1 Å². The Bertz CT molecular complexity index is 1160. The van der Waals surface area contributed by atoms with Gasteiger partial charge in [-0.25, -0.2) is 18.0 Å². The van der Waals surface area contributed by atoms with Crippen LogP contribution in [0.3, 0.4) is 0 Å². The molecular formula is C28H28F3N3O. The fourth-order valence-corrected chi connectivity index (χ4v) is 5.71. The highest BCUT2D eigenvalue weighted by atomic mass is 19.1. The van der Waals surface area contributed by atoms with Gasteiger partial charge >= 0.3 is 6.03 Å². The standard InChI is InChI=1S/C28H28F3N3O/c1-2-34(23-8-10-24-25(11-9-23)27(24)26-12-5-19(29)16-32-26)28(35)33-22-6-3-17(4-7-22)18-13-20(30)15-21(31)14-18/h3-7,12-16,23-25,27H,2,8-11H2,1H3,(H,33,35)/t23?,24-,25?,27?/m1/s1. The van der Waals surface area contributed by atoms with E-state index in [-0.39, 0.29) is 17.9 Å². The molecule has 0 radical (unpaired) electrons. The minimum Gasteiger partial charge on any atom is -0.322 e. The lowest BCUT2D eigenvalue weighted by molar-refractivity contribution is 0.182. The molecule has 1 N–H and O–H groups in total. The molecule has 7 heteroatoms. The first-order valence-electron chi connectivity index (χ1n) is 12.2. The van der Waals surface area contributed by atoms with E-state index in [4.69, 9.17) is 0 Å². The Labute approximate surface area is 203 Å². The highest BCUT2D eigenvalue weighted by Gasteiger charge is 2.52. The van der Waals surface area contributed by atoms with Gasteiger partial charge in [-0.05, 0) is 92.0 Å². The van der Waals surface area contributed by atoms with Gasteiger partial charge in [0.1, 0.15) is 17.5 Å². The van der Waals surface area contributed by atoms with Gasteiger partial charge in [0.25, 0.3) is 0 Å². The van der Waals surface area contributed by atoms with Crippen LogP contribution in [0.2, 0.25) is 0 Å². The molecule has 1 aromatic heterocycles. The molecule has 182 valence electrons. The number of hydrogen-bond donors (Lipinski definition) is 1. The number of hydrogen-bond acceptors (Lipinski definition) is 2. The molecule has 2 aromatic carbocycles. The summed E-state index contributed by atoms with van der Waals surface area (Å²) in [7, 11) is 0. The first kappa shape index (κ1) is 23.4. The fraction of sp³-hybridized carbons (Fsp3) is 0.357. The maximum absolute atomic E-state index is 13.5. The Kier molecular flexibility index (Phi) is 6.50. The molecule has 5 rings (SSSR count). The largest absolute Gasteiger partial charge is 0.322 e. The molecule has 4 atom stereocenters. The molecule has 2 aliphatic rings. The van der Waals surface area contributed by atoms with Crippen molar-refractivity contribution in [1.29, 1.82) is 0 Å². The Morgan fingerprint density at radius 1 is 0.886 bits per heavy atom. The van der Waals surface area contributed by atoms with E-state index in [0.717, 1.165) is 37.4 Å². The molecule has 35 heavy (non-hydrogen) atoms. The third kappa shape index (κ3) is 5.04. The number of urea groups is 1. The Balaban J connectivity index is 1.19. The van der Waals surface area contributed by atoms with E-state index in [1.54, 1.807) is 30.3 Å². The van der Waals surface area contributed by atoms with E-state index >= 15 is 0 Å². The van der Waals surface area contributed by atoms with Crippen molar-refractivity contribution in [3.63, 3.8) is 0 Å². The summed E-state index contributed by atoms with van der Waals surface area (Å²) < 4.78 is 40.3. The molecule has 2 aliphatic carbocycles. The van der Waals surface area contributed by atoms with Gasteiger partial charge in [-0.1, -0.05) is 12.1 Å². The van der Waals surface area contributed by atoms with Crippen molar-refractivity contribution >= 4 is 11.7 Å². The van der Waals surface area contributed by atoms with Gasteiger partial charge in [0.15, 0.2) is 0 Å². The molecule has 0 bridgehead atoms. The number of benzene rings is 2. The molecule has 0 saturated heterocycles. The van der Waals surface area contributed by atoms with Gasteiger partial charge in [-0.2, -0.15) is 0 Å². The van der Waals surface area contributed by atoms with Gasteiger partial charge in [-0.3, -0.25) is 4.98 Å². The number of nitrogens with zero attached hydrogens (tertiary/aromatic N) is 2. The molecule has 2 saturated carbocycles. The molecule has 2 fully saturated rings. The Morgan fingerprint density at radius 3 is 2.11 bits per heavy atom. The van der Waals surface area contributed by atoms with Crippen molar-refractivity contribution in [3.05, 3.63) is 83.9 Å². The zero-order chi connectivity index (χ0) is 24.5. The van der Waals surface area contributed by atoms with Crippen molar-refractivity contribution in [3.8, 4) is 11.1 Å². The number of rotatable bonds is 5. The second kappa shape index (κ2) is 9.72.